The van der Waals surface area contributed by atoms with Crippen LogP contribution in [0.4, 0.5) is 4.39 Å². The van der Waals surface area contributed by atoms with Gasteiger partial charge in [-0.05, 0) is 37.1 Å². The Morgan fingerprint density at radius 1 is 1.14 bits per heavy atom. The lowest BCUT2D eigenvalue weighted by molar-refractivity contribution is 0.0786. The maximum atomic E-state index is 13.6. The topological polar surface area (TPSA) is 57.5 Å². The molecule has 2 heterocycles. The van der Waals surface area contributed by atoms with Gasteiger partial charge in [-0.3, -0.25) is 9.20 Å². The minimum atomic E-state index is -0.928. The second-order valence-electron chi connectivity index (χ2n) is 5.54. The molecule has 3 rings (SSSR count). The highest BCUT2D eigenvalue weighted by atomic mass is 19.1. The van der Waals surface area contributed by atoms with E-state index < -0.39 is 11.5 Å². The molecular weight excluding hydrogens is 271 g/mol. The molecule has 0 fully saturated rings. The van der Waals surface area contributed by atoms with Crippen LogP contribution in [-0.4, -0.2) is 14.5 Å². The molecule has 0 radical (unpaired) electrons. The smallest absolute Gasteiger partial charge is 0.272 e. The van der Waals surface area contributed by atoms with Gasteiger partial charge in [0.2, 0.25) is 0 Å². The number of aliphatic hydroxyl groups is 1. The third kappa shape index (κ3) is 2.36. The van der Waals surface area contributed by atoms with Crippen molar-refractivity contribution in [1.82, 2.24) is 9.38 Å². The SMILES string of the molecule is CC(C)(O)c1ccc(-c2cn3c(F)ccc3c(=O)[nH]2)cc1. The highest BCUT2D eigenvalue weighted by Crippen LogP contribution is 2.23. The average molecular weight is 286 g/mol. The van der Waals surface area contributed by atoms with Crippen molar-refractivity contribution >= 4 is 5.52 Å². The largest absolute Gasteiger partial charge is 0.386 e. The minimum absolute atomic E-state index is 0.268. The van der Waals surface area contributed by atoms with Crippen LogP contribution in [0.2, 0.25) is 0 Å². The predicted molar refractivity (Wildman–Crippen MR) is 78.7 cm³/mol. The summed E-state index contributed by atoms with van der Waals surface area (Å²) < 4.78 is 14.8. The third-order valence-electron chi connectivity index (χ3n) is 3.51. The first-order valence-corrected chi connectivity index (χ1v) is 6.59. The fraction of sp³-hybridized carbons (Fsp3) is 0.188. The number of fused-ring (bicyclic) bond motifs is 1. The fourth-order valence-electron chi connectivity index (χ4n) is 2.29. The number of nitrogens with zero attached hydrogens (tertiary/aromatic N) is 1. The molecule has 108 valence electrons. The summed E-state index contributed by atoms with van der Waals surface area (Å²) in [7, 11) is 0. The third-order valence-corrected chi connectivity index (χ3v) is 3.51. The van der Waals surface area contributed by atoms with E-state index in [0.717, 1.165) is 11.1 Å². The van der Waals surface area contributed by atoms with E-state index in [4.69, 9.17) is 0 Å². The molecule has 21 heavy (non-hydrogen) atoms. The van der Waals surface area contributed by atoms with Crippen LogP contribution in [0.5, 0.6) is 0 Å². The van der Waals surface area contributed by atoms with Gasteiger partial charge in [0.05, 0.1) is 11.3 Å². The summed E-state index contributed by atoms with van der Waals surface area (Å²) in [6, 6.07) is 9.83. The van der Waals surface area contributed by atoms with E-state index in [1.807, 2.05) is 0 Å². The highest BCUT2D eigenvalue weighted by Gasteiger charge is 2.15. The number of hydrogen-bond acceptors (Lipinski definition) is 2. The first-order valence-electron chi connectivity index (χ1n) is 6.59. The second-order valence-corrected chi connectivity index (χ2v) is 5.54. The normalized spacial score (nSPS) is 12.0. The Morgan fingerprint density at radius 2 is 1.81 bits per heavy atom. The summed E-state index contributed by atoms with van der Waals surface area (Å²) in [5.74, 6) is -0.481. The number of halogens is 1. The van der Waals surface area contributed by atoms with Crippen molar-refractivity contribution in [3.05, 3.63) is 64.5 Å². The van der Waals surface area contributed by atoms with Crippen LogP contribution >= 0.6 is 0 Å². The molecule has 2 aromatic heterocycles. The van der Waals surface area contributed by atoms with Gasteiger partial charge in [0.15, 0.2) is 5.95 Å². The molecule has 0 saturated carbocycles. The molecule has 0 bridgehead atoms. The van der Waals surface area contributed by atoms with Crippen molar-refractivity contribution < 1.29 is 9.50 Å². The summed E-state index contributed by atoms with van der Waals surface area (Å²) in [6.07, 6.45) is 1.55. The highest BCUT2D eigenvalue weighted by molar-refractivity contribution is 5.61. The van der Waals surface area contributed by atoms with Crippen LogP contribution in [0.15, 0.2) is 47.4 Å². The van der Waals surface area contributed by atoms with E-state index in [0.29, 0.717) is 5.69 Å². The molecule has 0 spiro atoms. The van der Waals surface area contributed by atoms with E-state index in [2.05, 4.69) is 4.98 Å². The van der Waals surface area contributed by atoms with Gasteiger partial charge in [-0.25, -0.2) is 0 Å². The number of nitrogens with one attached hydrogen (secondary N) is 1. The summed E-state index contributed by atoms with van der Waals surface area (Å²) in [5, 5.41) is 9.93. The van der Waals surface area contributed by atoms with Gasteiger partial charge in [0.1, 0.15) is 5.52 Å². The Hall–Kier alpha value is -2.40. The predicted octanol–water partition coefficient (Wildman–Crippen LogP) is 2.66. The molecule has 3 aromatic rings. The lowest BCUT2D eigenvalue weighted by atomic mass is 9.97. The maximum absolute atomic E-state index is 13.6. The molecule has 0 atom stereocenters. The molecule has 0 unspecified atom stereocenters. The summed E-state index contributed by atoms with van der Waals surface area (Å²) in [5.41, 5.74) is 1.02. The minimum Gasteiger partial charge on any atom is -0.386 e. The quantitative estimate of drug-likeness (QED) is 0.761. The lowest BCUT2D eigenvalue weighted by Crippen LogP contribution is -2.15. The molecule has 5 heteroatoms. The molecule has 0 amide bonds. The number of rotatable bonds is 2. The van der Waals surface area contributed by atoms with Crippen molar-refractivity contribution in [2.24, 2.45) is 0 Å². The van der Waals surface area contributed by atoms with Gasteiger partial charge in [-0.1, -0.05) is 24.3 Å². The monoisotopic (exact) mass is 286 g/mol. The zero-order chi connectivity index (χ0) is 15.2. The number of aromatic nitrogens is 2. The zero-order valence-corrected chi connectivity index (χ0v) is 11.7. The van der Waals surface area contributed by atoms with Crippen LogP contribution in [0.1, 0.15) is 19.4 Å². The summed E-state index contributed by atoms with van der Waals surface area (Å²) >= 11 is 0. The molecule has 2 N–H and O–H groups in total. The van der Waals surface area contributed by atoms with Crippen LogP contribution in [0, 0.1) is 5.95 Å². The van der Waals surface area contributed by atoms with Crippen LogP contribution < -0.4 is 5.56 Å². The van der Waals surface area contributed by atoms with Crippen LogP contribution in [-0.2, 0) is 5.60 Å². The Morgan fingerprint density at radius 3 is 2.43 bits per heavy atom. The average Bonchev–Trinajstić information content (AvgIpc) is 2.80. The van der Waals surface area contributed by atoms with E-state index in [9.17, 15) is 14.3 Å². The van der Waals surface area contributed by atoms with Crippen LogP contribution in [0.3, 0.4) is 0 Å². The molecule has 0 aliphatic carbocycles. The van der Waals surface area contributed by atoms with Crippen molar-refractivity contribution in [1.29, 1.82) is 0 Å². The Bertz CT molecular complexity index is 855. The Balaban J connectivity index is 2.12. The van der Waals surface area contributed by atoms with Gasteiger partial charge in [0, 0.05) is 6.20 Å². The number of hydrogen-bond donors (Lipinski definition) is 2. The number of benzene rings is 1. The molecular formula is C16H15FN2O2. The van der Waals surface area contributed by atoms with E-state index in [1.165, 1.54) is 16.5 Å². The molecule has 0 saturated heterocycles. The van der Waals surface area contributed by atoms with E-state index >= 15 is 0 Å². The van der Waals surface area contributed by atoms with Crippen molar-refractivity contribution in [2.75, 3.05) is 0 Å². The second kappa shape index (κ2) is 4.56. The number of H-pyrrole nitrogens is 1. The Labute approximate surface area is 120 Å². The summed E-state index contributed by atoms with van der Waals surface area (Å²) in [4.78, 5) is 14.7. The molecule has 4 nitrogen and oxygen atoms in total. The van der Waals surface area contributed by atoms with Crippen molar-refractivity contribution in [3.63, 3.8) is 0 Å². The van der Waals surface area contributed by atoms with E-state index in [1.54, 1.807) is 44.3 Å². The van der Waals surface area contributed by atoms with Crippen molar-refractivity contribution in [3.8, 4) is 11.3 Å². The number of aromatic amines is 1. The van der Waals surface area contributed by atoms with Gasteiger partial charge < -0.3 is 10.1 Å². The molecule has 0 aliphatic rings. The lowest BCUT2D eigenvalue weighted by Gasteiger charge is -2.17. The first-order chi connectivity index (χ1) is 9.86. The first kappa shape index (κ1) is 13.6. The van der Waals surface area contributed by atoms with Gasteiger partial charge in [-0.2, -0.15) is 4.39 Å². The molecule has 1 aromatic carbocycles. The van der Waals surface area contributed by atoms with E-state index in [-0.39, 0.29) is 11.1 Å². The van der Waals surface area contributed by atoms with Crippen molar-refractivity contribution in [2.45, 2.75) is 19.4 Å². The van der Waals surface area contributed by atoms with Crippen LogP contribution in [0.25, 0.3) is 16.8 Å². The molecule has 0 aliphatic heterocycles. The zero-order valence-electron chi connectivity index (χ0n) is 11.7. The standard InChI is InChI=1S/C16H15FN2O2/c1-16(2,21)11-5-3-10(4-6-11)12-9-19-13(15(20)18-12)7-8-14(19)17/h3-9,21H,1-2H3,(H,18,20). The van der Waals surface area contributed by atoms with Gasteiger partial charge in [-0.15, -0.1) is 0 Å². The van der Waals surface area contributed by atoms with Gasteiger partial charge >= 0.3 is 0 Å². The Kier molecular flexibility index (Phi) is 2.95. The van der Waals surface area contributed by atoms with Gasteiger partial charge in [0.25, 0.3) is 5.56 Å². The maximum Gasteiger partial charge on any atom is 0.272 e. The fourth-order valence-corrected chi connectivity index (χ4v) is 2.29. The summed E-state index contributed by atoms with van der Waals surface area (Å²) in [6.45, 7) is 3.40.